The molecule has 0 unspecified atom stereocenters. The SMILES string of the molecule is CCc1nc2cc(C(=O)O)cnc2n1CC(C)C. The summed E-state index contributed by atoms with van der Waals surface area (Å²) in [6.45, 7) is 7.16. The normalized spacial score (nSPS) is 11.3. The molecule has 0 aliphatic heterocycles. The highest BCUT2D eigenvalue weighted by molar-refractivity contribution is 5.90. The smallest absolute Gasteiger partial charge is 0.337 e. The minimum Gasteiger partial charge on any atom is -0.478 e. The highest BCUT2D eigenvalue weighted by Crippen LogP contribution is 2.17. The number of imidazole rings is 1. The molecule has 0 saturated heterocycles. The van der Waals surface area contributed by atoms with Gasteiger partial charge in [-0.3, -0.25) is 0 Å². The van der Waals surface area contributed by atoms with Crippen LogP contribution in [0.25, 0.3) is 11.2 Å². The zero-order chi connectivity index (χ0) is 13.3. The first-order valence-electron chi connectivity index (χ1n) is 6.11. The van der Waals surface area contributed by atoms with Gasteiger partial charge in [-0.25, -0.2) is 14.8 Å². The molecule has 1 N–H and O–H groups in total. The molecule has 2 rings (SSSR count). The first-order valence-corrected chi connectivity index (χ1v) is 6.11. The van der Waals surface area contributed by atoms with E-state index >= 15 is 0 Å². The Labute approximate surface area is 105 Å². The largest absolute Gasteiger partial charge is 0.478 e. The van der Waals surface area contributed by atoms with E-state index in [9.17, 15) is 4.79 Å². The van der Waals surface area contributed by atoms with Gasteiger partial charge in [0.15, 0.2) is 5.65 Å². The topological polar surface area (TPSA) is 68.0 Å². The summed E-state index contributed by atoms with van der Waals surface area (Å²) >= 11 is 0. The fourth-order valence-electron chi connectivity index (χ4n) is 2.00. The number of aromatic nitrogens is 3. The maximum absolute atomic E-state index is 10.9. The zero-order valence-corrected chi connectivity index (χ0v) is 10.8. The maximum Gasteiger partial charge on any atom is 0.337 e. The van der Waals surface area contributed by atoms with Crippen LogP contribution in [0.2, 0.25) is 0 Å². The quantitative estimate of drug-likeness (QED) is 0.900. The summed E-state index contributed by atoms with van der Waals surface area (Å²) in [5.74, 6) is 0.475. The lowest BCUT2D eigenvalue weighted by atomic mass is 10.2. The van der Waals surface area contributed by atoms with Crippen molar-refractivity contribution in [1.29, 1.82) is 0 Å². The summed E-state index contributed by atoms with van der Waals surface area (Å²) < 4.78 is 2.08. The number of fused-ring (bicyclic) bond motifs is 1. The van der Waals surface area contributed by atoms with Crippen LogP contribution in [0.5, 0.6) is 0 Å². The Balaban J connectivity index is 2.58. The van der Waals surface area contributed by atoms with Gasteiger partial charge in [0.05, 0.1) is 5.56 Å². The van der Waals surface area contributed by atoms with Crippen LogP contribution < -0.4 is 0 Å². The average molecular weight is 247 g/mol. The molecule has 2 heterocycles. The van der Waals surface area contributed by atoms with Crippen LogP contribution in [0.4, 0.5) is 0 Å². The highest BCUT2D eigenvalue weighted by Gasteiger charge is 2.14. The number of carboxylic acid groups (broad SMARTS) is 1. The second kappa shape index (κ2) is 4.76. The van der Waals surface area contributed by atoms with Gasteiger partial charge in [0.2, 0.25) is 0 Å². The third kappa shape index (κ3) is 2.20. The van der Waals surface area contributed by atoms with E-state index in [-0.39, 0.29) is 5.56 Å². The van der Waals surface area contributed by atoms with Gasteiger partial charge in [-0.15, -0.1) is 0 Å². The van der Waals surface area contributed by atoms with Crippen molar-refractivity contribution in [3.8, 4) is 0 Å². The number of pyridine rings is 1. The molecule has 0 aliphatic carbocycles. The summed E-state index contributed by atoms with van der Waals surface area (Å²) in [7, 11) is 0. The fourth-order valence-corrected chi connectivity index (χ4v) is 2.00. The van der Waals surface area contributed by atoms with Gasteiger partial charge in [0.25, 0.3) is 0 Å². The van der Waals surface area contributed by atoms with Gasteiger partial charge >= 0.3 is 5.97 Å². The van der Waals surface area contributed by atoms with Gasteiger partial charge in [0, 0.05) is 19.2 Å². The minimum absolute atomic E-state index is 0.180. The lowest BCUT2D eigenvalue weighted by molar-refractivity contribution is 0.0696. The van der Waals surface area contributed by atoms with E-state index in [1.165, 1.54) is 6.20 Å². The molecular formula is C13H17N3O2. The summed E-state index contributed by atoms with van der Waals surface area (Å²) in [4.78, 5) is 19.6. The number of aromatic carboxylic acids is 1. The molecule has 2 aromatic heterocycles. The molecule has 18 heavy (non-hydrogen) atoms. The summed E-state index contributed by atoms with van der Waals surface area (Å²) in [5, 5.41) is 8.95. The average Bonchev–Trinajstić information content (AvgIpc) is 2.65. The van der Waals surface area contributed by atoms with Crippen molar-refractivity contribution in [2.24, 2.45) is 5.92 Å². The number of rotatable bonds is 4. The number of nitrogens with zero attached hydrogens (tertiary/aromatic N) is 3. The molecule has 0 amide bonds. The van der Waals surface area contributed by atoms with Crippen LogP contribution >= 0.6 is 0 Å². The minimum atomic E-state index is -0.971. The number of carboxylic acids is 1. The van der Waals surface area contributed by atoms with Crippen molar-refractivity contribution in [3.63, 3.8) is 0 Å². The molecule has 0 saturated carbocycles. The summed E-state index contributed by atoms with van der Waals surface area (Å²) in [5.41, 5.74) is 1.61. The Morgan fingerprint density at radius 1 is 1.50 bits per heavy atom. The maximum atomic E-state index is 10.9. The van der Waals surface area contributed by atoms with Gasteiger partial charge in [-0.2, -0.15) is 0 Å². The molecule has 96 valence electrons. The lowest BCUT2D eigenvalue weighted by Gasteiger charge is -2.09. The van der Waals surface area contributed by atoms with E-state index in [0.29, 0.717) is 11.4 Å². The molecule has 0 radical (unpaired) electrons. The van der Waals surface area contributed by atoms with E-state index in [2.05, 4.69) is 28.4 Å². The van der Waals surface area contributed by atoms with Gasteiger partial charge in [-0.1, -0.05) is 20.8 Å². The van der Waals surface area contributed by atoms with Crippen molar-refractivity contribution in [2.75, 3.05) is 0 Å². The third-order valence-corrected chi connectivity index (χ3v) is 2.77. The first-order chi connectivity index (χ1) is 8.52. The van der Waals surface area contributed by atoms with E-state index in [0.717, 1.165) is 24.4 Å². The Hall–Kier alpha value is -1.91. The standard InChI is InChI=1S/C13H17N3O2/c1-4-11-15-10-5-9(13(17)18)6-14-12(10)16(11)7-8(2)3/h5-6,8H,4,7H2,1-3H3,(H,17,18). The van der Waals surface area contributed by atoms with Gasteiger partial charge < -0.3 is 9.67 Å². The molecule has 5 nitrogen and oxygen atoms in total. The zero-order valence-electron chi connectivity index (χ0n) is 10.8. The van der Waals surface area contributed by atoms with Crippen LogP contribution in [-0.4, -0.2) is 25.6 Å². The third-order valence-electron chi connectivity index (χ3n) is 2.77. The lowest BCUT2D eigenvalue weighted by Crippen LogP contribution is -2.08. The molecule has 0 atom stereocenters. The van der Waals surface area contributed by atoms with Crippen LogP contribution in [0.3, 0.4) is 0 Å². The van der Waals surface area contributed by atoms with Crippen molar-refractivity contribution >= 4 is 17.1 Å². The number of aryl methyl sites for hydroxylation is 1. The van der Waals surface area contributed by atoms with Crippen molar-refractivity contribution < 1.29 is 9.90 Å². The van der Waals surface area contributed by atoms with E-state index in [4.69, 9.17) is 5.11 Å². The van der Waals surface area contributed by atoms with E-state index < -0.39 is 5.97 Å². The Morgan fingerprint density at radius 2 is 2.22 bits per heavy atom. The summed E-state index contributed by atoms with van der Waals surface area (Å²) in [6, 6.07) is 1.58. The van der Waals surface area contributed by atoms with E-state index in [1.54, 1.807) is 6.07 Å². The molecular weight excluding hydrogens is 230 g/mol. The van der Waals surface area contributed by atoms with Crippen LogP contribution in [0, 0.1) is 5.92 Å². The predicted octanol–water partition coefficient (Wildman–Crippen LogP) is 2.35. The second-order valence-electron chi connectivity index (χ2n) is 4.76. The highest BCUT2D eigenvalue weighted by atomic mass is 16.4. The fraction of sp³-hybridized carbons (Fsp3) is 0.462. The number of carbonyl (C=O) groups is 1. The predicted molar refractivity (Wildman–Crippen MR) is 68.7 cm³/mol. The van der Waals surface area contributed by atoms with Crippen molar-refractivity contribution in [2.45, 2.75) is 33.7 Å². The Bertz CT molecular complexity index is 587. The monoisotopic (exact) mass is 247 g/mol. The molecule has 0 aromatic carbocycles. The van der Waals surface area contributed by atoms with Gasteiger partial charge in [-0.05, 0) is 12.0 Å². The van der Waals surface area contributed by atoms with Crippen molar-refractivity contribution in [1.82, 2.24) is 14.5 Å². The number of hydrogen-bond donors (Lipinski definition) is 1. The van der Waals surface area contributed by atoms with Crippen LogP contribution in [0.15, 0.2) is 12.3 Å². The molecule has 0 aliphatic rings. The Kier molecular flexibility index (Phi) is 3.32. The molecule has 0 spiro atoms. The van der Waals surface area contributed by atoms with Crippen LogP contribution in [-0.2, 0) is 13.0 Å². The summed E-state index contributed by atoms with van der Waals surface area (Å²) in [6.07, 6.45) is 2.20. The molecule has 2 aromatic rings. The first kappa shape index (κ1) is 12.5. The van der Waals surface area contributed by atoms with Crippen molar-refractivity contribution in [3.05, 3.63) is 23.7 Å². The molecule has 0 bridgehead atoms. The molecule has 5 heteroatoms. The molecule has 0 fully saturated rings. The van der Waals surface area contributed by atoms with Gasteiger partial charge in [0.1, 0.15) is 11.3 Å². The number of hydrogen-bond acceptors (Lipinski definition) is 3. The second-order valence-corrected chi connectivity index (χ2v) is 4.76. The van der Waals surface area contributed by atoms with E-state index in [1.807, 2.05) is 6.92 Å². The van der Waals surface area contributed by atoms with Crippen LogP contribution in [0.1, 0.15) is 37.0 Å². The Morgan fingerprint density at radius 3 is 2.78 bits per heavy atom.